The van der Waals surface area contributed by atoms with Gasteiger partial charge in [0, 0.05) is 13.6 Å². The lowest BCUT2D eigenvalue weighted by atomic mass is 10.1. The van der Waals surface area contributed by atoms with Crippen molar-refractivity contribution in [2.75, 3.05) is 25.9 Å². The van der Waals surface area contributed by atoms with E-state index in [-0.39, 0.29) is 30.0 Å². The molecule has 4 N–H and O–H groups in total. The highest BCUT2D eigenvalue weighted by Gasteiger charge is 2.24. The van der Waals surface area contributed by atoms with E-state index in [4.69, 9.17) is 5.73 Å². The Balaban J connectivity index is 2.95. The highest BCUT2D eigenvalue weighted by molar-refractivity contribution is 5.99. The molecule has 0 spiro atoms. The van der Waals surface area contributed by atoms with Gasteiger partial charge in [-0.3, -0.25) is 14.7 Å². The molecule has 0 saturated carbocycles. The number of hydrogen-bond donors (Lipinski definition) is 3. The van der Waals surface area contributed by atoms with Crippen molar-refractivity contribution in [1.82, 2.24) is 20.4 Å². The van der Waals surface area contributed by atoms with Crippen LogP contribution in [0.1, 0.15) is 42.9 Å². The van der Waals surface area contributed by atoms with E-state index in [9.17, 15) is 9.59 Å². The number of nitrogens with zero attached hydrogens (tertiary/aromatic N) is 2. The number of aromatic nitrogens is 2. The minimum atomic E-state index is -0.341. The Bertz CT molecular complexity index is 467. The van der Waals surface area contributed by atoms with Gasteiger partial charge in [0.25, 0.3) is 5.91 Å². The molecular weight excluding hydrogens is 246 g/mol. The molecule has 0 saturated heterocycles. The number of rotatable bonds is 5. The summed E-state index contributed by atoms with van der Waals surface area (Å²) in [6.07, 6.45) is 0. The van der Waals surface area contributed by atoms with Crippen molar-refractivity contribution in [2.24, 2.45) is 0 Å². The summed E-state index contributed by atoms with van der Waals surface area (Å²) < 4.78 is 0. The zero-order valence-corrected chi connectivity index (χ0v) is 11.8. The van der Waals surface area contributed by atoms with Gasteiger partial charge in [0.05, 0.1) is 17.9 Å². The van der Waals surface area contributed by atoms with Crippen LogP contribution in [-0.2, 0) is 4.79 Å². The molecule has 0 radical (unpaired) electrons. The van der Waals surface area contributed by atoms with Crippen LogP contribution in [0.5, 0.6) is 0 Å². The third kappa shape index (κ3) is 3.24. The van der Waals surface area contributed by atoms with Gasteiger partial charge in [0.1, 0.15) is 0 Å². The number of likely N-dealkylation sites (N-methyl/N-ethyl adjacent to an activating group) is 2. The number of amides is 2. The van der Waals surface area contributed by atoms with E-state index >= 15 is 0 Å². The van der Waals surface area contributed by atoms with Crippen molar-refractivity contribution >= 4 is 17.5 Å². The molecule has 2 amide bonds. The molecule has 1 aromatic heterocycles. The lowest BCUT2D eigenvalue weighted by Crippen LogP contribution is -2.39. The van der Waals surface area contributed by atoms with Gasteiger partial charge in [0.15, 0.2) is 5.69 Å². The maximum atomic E-state index is 12.3. The van der Waals surface area contributed by atoms with Crippen LogP contribution < -0.4 is 11.1 Å². The molecule has 0 aromatic carbocycles. The standard InChI is InChI=1S/C12H21N5O2/c1-5-17(6-8(18)14-4)12(19)11-9(13)10(7(2)3)15-16-11/h7H,5-6,13H2,1-4H3,(H,14,18)(H,15,16). The lowest BCUT2D eigenvalue weighted by molar-refractivity contribution is -0.121. The molecule has 19 heavy (non-hydrogen) atoms. The molecule has 0 aliphatic heterocycles. The normalized spacial score (nSPS) is 10.6. The number of carbonyl (C=O) groups excluding carboxylic acids is 2. The minimum Gasteiger partial charge on any atom is -0.395 e. The van der Waals surface area contributed by atoms with Crippen LogP contribution >= 0.6 is 0 Å². The van der Waals surface area contributed by atoms with Crippen molar-refractivity contribution in [1.29, 1.82) is 0 Å². The molecule has 1 aromatic rings. The molecule has 1 heterocycles. The second-order valence-electron chi connectivity index (χ2n) is 4.55. The van der Waals surface area contributed by atoms with Crippen LogP contribution in [0.15, 0.2) is 0 Å². The summed E-state index contributed by atoms with van der Waals surface area (Å²) in [4.78, 5) is 25.0. The number of aromatic amines is 1. The highest BCUT2D eigenvalue weighted by Crippen LogP contribution is 2.22. The van der Waals surface area contributed by atoms with Crippen LogP contribution in [0.2, 0.25) is 0 Å². The van der Waals surface area contributed by atoms with Gasteiger partial charge >= 0.3 is 0 Å². The van der Waals surface area contributed by atoms with Gasteiger partial charge in [-0.25, -0.2) is 0 Å². The van der Waals surface area contributed by atoms with Crippen LogP contribution in [0.4, 0.5) is 5.69 Å². The highest BCUT2D eigenvalue weighted by atomic mass is 16.2. The van der Waals surface area contributed by atoms with E-state index in [1.807, 2.05) is 13.8 Å². The maximum Gasteiger partial charge on any atom is 0.276 e. The molecule has 0 atom stereocenters. The van der Waals surface area contributed by atoms with Crippen molar-refractivity contribution < 1.29 is 9.59 Å². The number of nitrogens with two attached hydrogens (primary N) is 1. The zero-order chi connectivity index (χ0) is 14.6. The van der Waals surface area contributed by atoms with Gasteiger partial charge in [-0.05, 0) is 12.8 Å². The third-order valence-corrected chi connectivity index (χ3v) is 2.90. The monoisotopic (exact) mass is 267 g/mol. The van der Waals surface area contributed by atoms with Crippen LogP contribution in [0.25, 0.3) is 0 Å². The minimum absolute atomic E-state index is 0.00482. The number of carbonyl (C=O) groups is 2. The Morgan fingerprint density at radius 3 is 2.53 bits per heavy atom. The summed E-state index contributed by atoms with van der Waals surface area (Å²) >= 11 is 0. The molecule has 0 fully saturated rings. The van der Waals surface area contributed by atoms with Gasteiger partial charge in [-0.2, -0.15) is 5.10 Å². The quantitative estimate of drug-likeness (QED) is 0.714. The number of nitrogen functional groups attached to an aromatic ring is 1. The van der Waals surface area contributed by atoms with E-state index in [2.05, 4.69) is 15.5 Å². The molecule has 7 heteroatoms. The maximum absolute atomic E-state index is 12.3. The topological polar surface area (TPSA) is 104 Å². The van der Waals surface area contributed by atoms with Gasteiger partial charge < -0.3 is 16.0 Å². The first-order valence-electron chi connectivity index (χ1n) is 6.25. The first-order valence-corrected chi connectivity index (χ1v) is 6.25. The summed E-state index contributed by atoms with van der Waals surface area (Å²) in [5, 5.41) is 9.23. The van der Waals surface area contributed by atoms with Gasteiger partial charge in [-0.15, -0.1) is 0 Å². The number of anilines is 1. The van der Waals surface area contributed by atoms with E-state index < -0.39 is 0 Å². The predicted molar refractivity (Wildman–Crippen MR) is 72.7 cm³/mol. The number of hydrogen-bond acceptors (Lipinski definition) is 4. The Hall–Kier alpha value is -2.05. The van der Waals surface area contributed by atoms with Crippen LogP contribution in [0, 0.1) is 0 Å². The SMILES string of the molecule is CCN(CC(=O)NC)C(=O)c1n[nH]c(C(C)C)c1N. The van der Waals surface area contributed by atoms with Gasteiger partial charge in [-0.1, -0.05) is 13.8 Å². The molecule has 0 bridgehead atoms. The number of nitrogens with one attached hydrogen (secondary N) is 2. The Morgan fingerprint density at radius 2 is 2.11 bits per heavy atom. The van der Waals surface area contributed by atoms with Crippen LogP contribution in [0.3, 0.4) is 0 Å². The molecule has 7 nitrogen and oxygen atoms in total. The average Bonchev–Trinajstić information content (AvgIpc) is 2.76. The molecule has 0 unspecified atom stereocenters. The van der Waals surface area contributed by atoms with E-state index in [1.54, 1.807) is 6.92 Å². The summed E-state index contributed by atoms with van der Waals surface area (Å²) in [5.41, 5.74) is 7.19. The smallest absolute Gasteiger partial charge is 0.276 e. The predicted octanol–water partition coefficient (Wildman–Crippen LogP) is 0.323. The molecular formula is C12H21N5O2. The van der Waals surface area contributed by atoms with E-state index in [1.165, 1.54) is 11.9 Å². The van der Waals surface area contributed by atoms with Crippen LogP contribution in [-0.4, -0.2) is 47.0 Å². The lowest BCUT2D eigenvalue weighted by Gasteiger charge is -2.18. The van der Waals surface area contributed by atoms with Crippen molar-refractivity contribution in [2.45, 2.75) is 26.7 Å². The molecule has 1 rings (SSSR count). The molecule has 106 valence electrons. The second-order valence-corrected chi connectivity index (χ2v) is 4.55. The second kappa shape index (κ2) is 6.21. The Morgan fingerprint density at radius 1 is 1.47 bits per heavy atom. The first-order chi connectivity index (χ1) is 8.92. The third-order valence-electron chi connectivity index (χ3n) is 2.90. The number of H-pyrrole nitrogens is 1. The van der Waals surface area contributed by atoms with Crippen molar-refractivity contribution in [3.8, 4) is 0 Å². The Labute approximate surface area is 112 Å². The fourth-order valence-corrected chi connectivity index (χ4v) is 1.70. The average molecular weight is 267 g/mol. The van der Waals surface area contributed by atoms with Crippen molar-refractivity contribution in [3.63, 3.8) is 0 Å². The van der Waals surface area contributed by atoms with Crippen molar-refractivity contribution in [3.05, 3.63) is 11.4 Å². The summed E-state index contributed by atoms with van der Waals surface area (Å²) in [6.45, 7) is 6.12. The zero-order valence-electron chi connectivity index (χ0n) is 11.8. The first kappa shape index (κ1) is 15.0. The fourth-order valence-electron chi connectivity index (χ4n) is 1.70. The summed E-state index contributed by atoms with van der Waals surface area (Å²) in [6, 6.07) is 0. The molecule has 0 aliphatic rings. The summed E-state index contributed by atoms with van der Waals surface area (Å²) in [5.74, 6) is -0.414. The fraction of sp³-hybridized carbons (Fsp3) is 0.583. The molecule has 0 aliphatic carbocycles. The van der Waals surface area contributed by atoms with E-state index in [0.717, 1.165) is 5.69 Å². The largest absolute Gasteiger partial charge is 0.395 e. The Kier molecular flexibility index (Phi) is 4.91. The summed E-state index contributed by atoms with van der Waals surface area (Å²) in [7, 11) is 1.53. The van der Waals surface area contributed by atoms with Gasteiger partial charge in [0.2, 0.25) is 5.91 Å². The van der Waals surface area contributed by atoms with E-state index in [0.29, 0.717) is 12.2 Å².